The number of aryl methyl sites for hydroxylation is 1. The number of aromatic nitrogens is 4. The van der Waals surface area contributed by atoms with Gasteiger partial charge in [-0.1, -0.05) is 0 Å². The summed E-state index contributed by atoms with van der Waals surface area (Å²) in [5.74, 6) is -1.19. The summed E-state index contributed by atoms with van der Waals surface area (Å²) in [4.78, 5) is 44.3. The molecule has 4 rings (SSSR count). The topological polar surface area (TPSA) is 111 Å². The SMILES string of the molecule is COC[C@H](C)N1Cc2c(n(CC(=O)Nc3ccc(F)cn3)c3cc(C)nn3c2=O)C1=O. The highest BCUT2D eigenvalue weighted by molar-refractivity contribution is 5.98. The largest absolute Gasteiger partial charge is 0.383 e. The molecule has 0 spiro atoms. The van der Waals surface area contributed by atoms with Crippen molar-refractivity contribution in [2.75, 3.05) is 19.0 Å². The fourth-order valence-electron chi connectivity index (χ4n) is 3.72. The van der Waals surface area contributed by atoms with Gasteiger partial charge in [0.25, 0.3) is 11.5 Å². The van der Waals surface area contributed by atoms with E-state index in [1.165, 1.54) is 33.2 Å². The van der Waals surface area contributed by atoms with Crippen molar-refractivity contribution in [3.05, 3.63) is 57.5 Å². The van der Waals surface area contributed by atoms with Crippen molar-refractivity contribution in [1.82, 2.24) is 24.1 Å². The molecule has 0 saturated heterocycles. The first kappa shape index (κ1) is 20.7. The maximum atomic E-state index is 13.2. The second-order valence-electron chi connectivity index (χ2n) is 7.42. The van der Waals surface area contributed by atoms with Crippen molar-refractivity contribution >= 4 is 23.3 Å². The molecular formula is C20H21FN6O4. The van der Waals surface area contributed by atoms with Crippen LogP contribution in [0.5, 0.6) is 0 Å². The molecule has 0 unspecified atom stereocenters. The molecule has 0 radical (unpaired) electrons. The lowest BCUT2D eigenvalue weighted by Crippen LogP contribution is -2.37. The lowest BCUT2D eigenvalue weighted by molar-refractivity contribution is -0.116. The molecule has 0 saturated carbocycles. The van der Waals surface area contributed by atoms with Gasteiger partial charge in [-0.05, 0) is 26.0 Å². The molecule has 1 atom stereocenters. The summed E-state index contributed by atoms with van der Waals surface area (Å²) >= 11 is 0. The van der Waals surface area contributed by atoms with E-state index in [9.17, 15) is 18.8 Å². The molecule has 1 aliphatic heterocycles. The third kappa shape index (κ3) is 3.67. The highest BCUT2D eigenvalue weighted by atomic mass is 19.1. The van der Waals surface area contributed by atoms with Gasteiger partial charge in [0.1, 0.15) is 29.5 Å². The quantitative estimate of drug-likeness (QED) is 0.626. The van der Waals surface area contributed by atoms with E-state index in [0.29, 0.717) is 17.9 Å². The van der Waals surface area contributed by atoms with Gasteiger partial charge in [0.15, 0.2) is 0 Å². The Labute approximate surface area is 176 Å². The van der Waals surface area contributed by atoms with Crippen LogP contribution in [0.2, 0.25) is 0 Å². The van der Waals surface area contributed by atoms with Gasteiger partial charge in [0, 0.05) is 13.2 Å². The second kappa shape index (κ2) is 7.91. The molecule has 1 aliphatic rings. The molecule has 0 bridgehead atoms. The summed E-state index contributed by atoms with van der Waals surface area (Å²) in [7, 11) is 1.54. The van der Waals surface area contributed by atoms with Gasteiger partial charge in [-0.25, -0.2) is 9.37 Å². The van der Waals surface area contributed by atoms with E-state index in [1.807, 2.05) is 6.92 Å². The molecule has 162 valence electrons. The summed E-state index contributed by atoms with van der Waals surface area (Å²) in [5.41, 5.74) is 0.944. The number of hydrogen-bond acceptors (Lipinski definition) is 6. The molecular weight excluding hydrogens is 407 g/mol. The zero-order chi connectivity index (χ0) is 22.3. The van der Waals surface area contributed by atoms with Crippen molar-refractivity contribution in [2.24, 2.45) is 0 Å². The van der Waals surface area contributed by atoms with Crippen LogP contribution in [0, 0.1) is 12.7 Å². The Bertz CT molecular complexity index is 1230. The van der Waals surface area contributed by atoms with E-state index in [4.69, 9.17) is 4.74 Å². The number of rotatable bonds is 6. The zero-order valence-corrected chi connectivity index (χ0v) is 17.3. The first-order valence-electron chi connectivity index (χ1n) is 9.63. The molecule has 0 aliphatic carbocycles. The average molecular weight is 428 g/mol. The lowest BCUT2D eigenvalue weighted by atomic mass is 10.2. The maximum Gasteiger partial charge on any atom is 0.280 e. The third-order valence-electron chi connectivity index (χ3n) is 5.12. The molecule has 10 nitrogen and oxygen atoms in total. The number of fused-ring (bicyclic) bond motifs is 2. The van der Waals surface area contributed by atoms with E-state index >= 15 is 0 Å². The van der Waals surface area contributed by atoms with Crippen LogP contribution in [0.25, 0.3) is 5.65 Å². The van der Waals surface area contributed by atoms with Crippen LogP contribution in [0.3, 0.4) is 0 Å². The number of methoxy groups -OCH3 is 1. The van der Waals surface area contributed by atoms with E-state index in [2.05, 4.69) is 15.4 Å². The first-order valence-corrected chi connectivity index (χ1v) is 9.63. The monoisotopic (exact) mass is 428 g/mol. The van der Waals surface area contributed by atoms with Crippen molar-refractivity contribution < 1.29 is 18.7 Å². The molecule has 4 heterocycles. The smallest absolute Gasteiger partial charge is 0.280 e. The number of ether oxygens (including phenoxy) is 1. The minimum absolute atomic E-state index is 0.105. The van der Waals surface area contributed by atoms with E-state index in [1.54, 1.807) is 13.0 Å². The van der Waals surface area contributed by atoms with Gasteiger partial charge >= 0.3 is 0 Å². The lowest BCUT2D eigenvalue weighted by Gasteiger charge is -2.23. The maximum absolute atomic E-state index is 13.2. The van der Waals surface area contributed by atoms with Crippen LogP contribution < -0.4 is 10.9 Å². The number of amides is 2. The summed E-state index contributed by atoms with van der Waals surface area (Å²) < 4.78 is 20.9. The number of pyridine rings is 1. The fraction of sp³-hybridized carbons (Fsp3) is 0.350. The van der Waals surface area contributed by atoms with Crippen LogP contribution in [0.4, 0.5) is 10.2 Å². The molecule has 0 fully saturated rings. The molecule has 3 aromatic heterocycles. The molecule has 1 N–H and O–H groups in total. The minimum Gasteiger partial charge on any atom is -0.383 e. The third-order valence-corrected chi connectivity index (χ3v) is 5.12. The zero-order valence-electron chi connectivity index (χ0n) is 17.3. The van der Waals surface area contributed by atoms with E-state index in [0.717, 1.165) is 6.20 Å². The van der Waals surface area contributed by atoms with Gasteiger partial charge < -0.3 is 19.5 Å². The highest BCUT2D eigenvalue weighted by Crippen LogP contribution is 2.24. The number of anilines is 1. The van der Waals surface area contributed by atoms with Crippen molar-refractivity contribution in [3.63, 3.8) is 0 Å². The Morgan fingerprint density at radius 1 is 1.35 bits per heavy atom. The molecule has 0 aromatic carbocycles. The molecule has 31 heavy (non-hydrogen) atoms. The summed E-state index contributed by atoms with van der Waals surface area (Å²) in [6.07, 6.45) is 0.990. The number of nitrogens with one attached hydrogen (secondary N) is 1. The van der Waals surface area contributed by atoms with E-state index < -0.39 is 17.3 Å². The Balaban J connectivity index is 1.75. The highest BCUT2D eigenvalue weighted by Gasteiger charge is 2.37. The molecule has 11 heteroatoms. The van der Waals surface area contributed by atoms with Gasteiger partial charge in [-0.15, -0.1) is 0 Å². The van der Waals surface area contributed by atoms with Crippen LogP contribution in [0.1, 0.15) is 28.7 Å². The van der Waals surface area contributed by atoms with Crippen LogP contribution >= 0.6 is 0 Å². The van der Waals surface area contributed by atoms with E-state index in [-0.39, 0.29) is 42.1 Å². The standard InChI is InChI=1S/C20H21FN6O4/c1-11-6-17-26(9-16(28)23-15-5-4-13(21)7-22-15)18-14(19(29)27(17)24-11)8-25(20(18)30)12(2)10-31-3/h4-7,12H,8-10H2,1-3H3,(H,22,23,28)/t12-/m0/s1. The summed E-state index contributed by atoms with van der Waals surface area (Å²) in [6.45, 7) is 3.70. The van der Waals surface area contributed by atoms with Crippen molar-refractivity contribution in [3.8, 4) is 0 Å². The Hall–Kier alpha value is -3.60. The van der Waals surface area contributed by atoms with Crippen LogP contribution in [0.15, 0.2) is 29.2 Å². The predicted molar refractivity (Wildman–Crippen MR) is 108 cm³/mol. The van der Waals surface area contributed by atoms with Gasteiger partial charge in [-0.2, -0.15) is 9.61 Å². The number of hydrogen-bond donors (Lipinski definition) is 1. The molecule has 2 amide bonds. The van der Waals surface area contributed by atoms with Gasteiger partial charge in [-0.3, -0.25) is 14.4 Å². The molecule has 3 aromatic rings. The minimum atomic E-state index is -0.525. The number of carbonyl (C=O) groups is 2. The number of carbonyl (C=O) groups excluding carboxylic acids is 2. The summed E-state index contributed by atoms with van der Waals surface area (Å²) in [6, 6.07) is 3.89. The van der Waals surface area contributed by atoms with Crippen LogP contribution in [-0.2, 0) is 22.6 Å². The Morgan fingerprint density at radius 3 is 2.81 bits per heavy atom. The average Bonchev–Trinajstić information content (AvgIpc) is 3.28. The van der Waals surface area contributed by atoms with Gasteiger partial charge in [0.05, 0.1) is 36.6 Å². The summed E-state index contributed by atoms with van der Waals surface area (Å²) in [5, 5.41) is 6.80. The van der Waals surface area contributed by atoms with Crippen molar-refractivity contribution in [1.29, 1.82) is 0 Å². The Kier molecular flexibility index (Phi) is 5.27. The van der Waals surface area contributed by atoms with Gasteiger partial charge in [0.2, 0.25) is 5.91 Å². The van der Waals surface area contributed by atoms with Crippen LogP contribution in [-0.4, -0.2) is 55.6 Å². The Morgan fingerprint density at radius 2 is 2.13 bits per heavy atom. The number of halogens is 1. The van der Waals surface area contributed by atoms with Crippen molar-refractivity contribution in [2.45, 2.75) is 33.0 Å². The normalized spacial score (nSPS) is 14.2. The predicted octanol–water partition coefficient (Wildman–Crippen LogP) is 0.968. The number of nitrogens with zero attached hydrogens (tertiary/aromatic N) is 5. The fourth-order valence-corrected chi connectivity index (χ4v) is 3.72. The second-order valence-corrected chi connectivity index (χ2v) is 7.42. The first-order chi connectivity index (χ1) is 14.8.